The van der Waals surface area contributed by atoms with Crippen molar-refractivity contribution in [3.8, 4) is 0 Å². The summed E-state index contributed by atoms with van der Waals surface area (Å²) in [5.74, 6) is -0.0712. The molecule has 0 aliphatic heterocycles. The van der Waals surface area contributed by atoms with Gasteiger partial charge in [-0.05, 0) is 24.6 Å². The number of carbonyl (C=O) groups excluding carboxylic acids is 1. The molecule has 0 spiro atoms. The summed E-state index contributed by atoms with van der Waals surface area (Å²) >= 11 is 0. The molecule has 0 saturated heterocycles. The fraction of sp³-hybridized carbons (Fsp3) is 0.364. The highest BCUT2D eigenvalue weighted by atomic mass is 16.3. The first kappa shape index (κ1) is 10.7. The van der Waals surface area contributed by atoms with Gasteiger partial charge in [0, 0.05) is 12.7 Å². The number of carbonyl (C=O) groups is 1. The van der Waals surface area contributed by atoms with Crippen LogP contribution in [0.2, 0.25) is 0 Å². The Morgan fingerprint density at radius 1 is 1.50 bits per heavy atom. The summed E-state index contributed by atoms with van der Waals surface area (Å²) < 4.78 is 0. The first-order valence-electron chi connectivity index (χ1n) is 4.59. The molecule has 0 aromatic heterocycles. The minimum absolute atomic E-state index is 0.0712. The number of aliphatic hydroxyl groups is 1. The van der Waals surface area contributed by atoms with E-state index in [1.807, 2.05) is 31.2 Å². The van der Waals surface area contributed by atoms with Crippen LogP contribution in [0.1, 0.15) is 12.0 Å². The number of benzene rings is 1. The summed E-state index contributed by atoms with van der Waals surface area (Å²) in [5, 5.41) is 8.64. The zero-order valence-electron chi connectivity index (χ0n) is 8.53. The fourth-order valence-electron chi connectivity index (χ4n) is 1.24. The predicted molar refractivity (Wildman–Crippen MR) is 56.3 cm³/mol. The Morgan fingerprint density at radius 3 is 2.79 bits per heavy atom. The van der Waals surface area contributed by atoms with Crippen LogP contribution in [0, 0.1) is 6.92 Å². The van der Waals surface area contributed by atoms with Crippen LogP contribution in [0.5, 0.6) is 0 Å². The quantitative estimate of drug-likeness (QED) is 0.787. The molecule has 1 rings (SSSR count). The van der Waals surface area contributed by atoms with Crippen molar-refractivity contribution < 1.29 is 9.90 Å². The number of rotatable bonds is 3. The first-order chi connectivity index (χ1) is 6.65. The lowest BCUT2D eigenvalue weighted by Crippen LogP contribution is -2.26. The van der Waals surface area contributed by atoms with Gasteiger partial charge in [0.25, 0.3) is 0 Å². The summed E-state index contributed by atoms with van der Waals surface area (Å²) in [4.78, 5) is 13.0. The molecule has 3 nitrogen and oxygen atoms in total. The van der Waals surface area contributed by atoms with Crippen LogP contribution in [0.4, 0.5) is 5.69 Å². The lowest BCUT2D eigenvalue weighted by atomic mass is 10.2. The van der Waals surface area contributed by atoms with Gasteiger partial charge in [-0.25, -0.2) is 0 Å². The molecule has 1 amide bonds. The maximum atomic E-state index is 11.4. The average Bonchev–Trinajstić information content (AvgIpc) is 2.17. The molecule has 1 aromatic carbocycles. The SMILES string of the molecule is Cc1cccc(N(C)C(=O)CCO)c1. The topological polar surface area (TPSA) is 40.5 Å². The fourth-order valence-corrected chi connectivity index (χ4v) is 1.24. The van der Waals surface area contributed by atoms with Gasteiger partial charge in [-0.1, -0.05) is 12.1 Å². The van der Waals surface area contributed by atoms with Crippen molar-refractivity contribution in [2.75, 3.05) is 18.6 Å². The molecule has 0 fully saturated rings. The zero-order chi connectivity index (χ0) is 10.6. The lowest BCUT2D eigenvalue weighted by molar-refractivity contribution is -0.118. The molecule has 0 atom stereocenters. The van der Waals surface area contributed by atoms with E-state index >= 15 is 0 Å². The second kappa shape index (κ2) is 4.77. The van der Waals surface area contributed by atoms with Crippen molar-refractivity contribution >= 4 is 11.6 Å². The molecule has 3 heteroatoms. The van der Waals surface area contributed by atoms with Gasteiger partial charge >= 0.3 is 0 Å². The summed E-state index contributed by atoms with van der Waals surface area (Å²) in [6.07, 6.45) is 0.171. The van der Waals surface area contributed by atoms with Crippen LogP contribution in [0.15, 0.2) is 24.3 Å². The Balaban J connectivity index is 2.78. The van der Waals surface area contributed by atoms with E-state index in [2.05, 4.69) is 0 Å². The van der Waals surface area contributed by atoms with E-state index in [1.165, 1.54) is 0 Å². The highest BCUT2D eigenvalue weighted by Gasteiger charge is 2.09. The van der Waals surface area contributed by atoms with Gasteiger partial charge in [-0.15, -0.1) is 0 Å². The van der Waals surface area contributed by atoms with E-state index < -0.39 is 0 Å². The molecular weight excluding hydrogens is 178 g/mol. The number of amides is 1. The third-order valence-electron chi connectivity index (χ3n) is 2.09. The summed E-state index contributed by atoms with van der Waals surface area (Å²) in [5.41, 5.74) is 1.98. The normalized spacial score (nSPS) is 9.93. The van der Waals surface area contributed by atoms with Crippen LogP contribution in [-0.4, -0.2) is 24.7 Å². The monoisotopic (exact) mass is 193 g/mol. The first-order valence-corrected chi connectivity index (χ1v) is 4.59. The molecule has 0 saturated carbocycles. The standard InChI is InChI=1S/C11H15NO2/c1-9-4-3-5-10(8-9)12(2)11(14)6-7-13/h3-5,8,13H,6-7H2,1-2H3. The molecule has 1 N–H and O–H groups in total. The van der Waals surface area contributed by atoms with Crippen LogP contribution >= 0.6 is 0 Å². The van der Waals surface area contributed by atoms with Gasteiger partial charge in [0.05, 0.1) is 13.0 Å². The van der Waals surface area contributed by atoms with E-state index in [9.17, 15) is 4.79 Å². The van der Waals surface area contributed by atoms with Crippen molar-refractivity contribution in [2.24, 2.45) is 0 Å². The molecule has 0 aliphatic carbocycles. The zero-order valence-corrected chi connectivity index (χ0v) is 8.53. The smallest absolute Gasteiger partial charge is 0.229 e. The van der Waals surface area contributed by atoms with Crippen molar-refractivity contribution in [2.45, 2.75) is 13.3 Å². The summed E-state index contributed by atoms with van der Waals surface area (Å²) in [7, 11) is 1.72. The second-order valence-electron chi connectivity index (χ2n) is 3.27. The minimum Gasteiger partial charge on any atom is -0.396 e. The molecule has 0 bridgehead atoms. The van der Waals surface area contributed by atoms with Crippen LogP contribution in [0.25, 0.3) is 0 Å². The van der Waals surface area contributed by atoms with Crippen molar-refractivity contribution in [1.29, 1.82) is 0 Å². The lowest BCUT2D eigenvalue weighted by Gasteiger charge is -2.17. The minimum atomic E-state index is -0.102. The van der Waals surface area contributed by atoms with E-state index in [0.29, 0.717) is 0 Å². The highest BCUT2D eigenvalue weighted by Crippen LogP contribution is 2.14. The van der Waals surface area contributed by atoms with E-state index in [0.717, 1.165) is 11.3 Å². The van der Waals surface area contributed by atoms with E-state index in [-0.39, 0.29) is 18.9 Å². The molecule has 14 heavy (non-hydrogen) atoms. The number of nitrogens with zero attached hydrogens (tertiary/aromatic N) is 1. The Kier molecular flexibility index (Phi) is 3.65. The Labute approximate surface area is 84.0 Å². The maximum Gasteiger partial charge on any atom is 0.229 e. The Hall–Kier alpha value is -1.35. The predicted octanol–water partition coefficient (Wildman–Crippen LogP) is 1.34. The molecular formula is C11H15NO2. The molecule has 76 valence electrons. The van der Waals surface area contributed by atoms with Gasteiger partial charge in [-0.2, -0.15) is 0 Å². The van der Waals surface area contributed by atoms with Crippen LogP contribution in [0.3, 0.4) is 0 Å². The molecule has 0 radical (unpaired) electrons. The van der Waals surface area contributed by atoms with Gasteiger partial charge in [0.15, 0.2) is 0 Å². The van der Waals surface area contributed by atoms with Crippen LogP contribution < -0.4 is 4.90 Å². The number of hydrogen-bond acceptors (Lipinski definition) is 2. The van der Waals surface area contributed by atoms with Crippen molar-refractivity contribution in [3.05, 3.63) is 29.8 Å². The van der Waals surface area contributed by atoms with Crippen molar-refractivity contribution in [3.63, 3.8) is 0 Å². The van der Waals surface area contributed by atoms with Crippen LogP contribution in [-0.2, 0) is 4.79 Å². The largest absolute Gasteiger partial charge is 0.396 e. The highest BCUT2D eigenvalue weighted by molar-refractivity contribution is 5.92. The van der Waals surface area contributed by atoms with Gasteiger partial charge in [-0.3, -0.25) is 4.79 Å². The van der Waals surface area contributed by atoms with E-state index in [4.69, 9.17) is 5.11 Å². The molecule has 0 aliphatic rings. The summed E-state index contributed by atoms with van der Waals surface area (Å²) in [6, 6.07) is 7.71. The maximum absolute atomic E-state index is 11.4. The molecule has 1 aromatic rings. The summed E-state index contributed by atoms with van der Waals surface area (Å²) in [6.45, 7) is 1.88. The molecule has 0 heterocycles. The van der Waals surface area contributed by atoms with Gasteiger partial charge in [0.2, 0.25) is 5.91 Å². The number of anilines is 1. The van der Waals surface area contributed by atoms with Gasteiger partial charge in [0.1, 0.15) is 0 Å². The third kappa shape index (κ3) is 2.57. The Morgan fingerprint density at radius 2 is 2.21 bits per heavy atom. The number of aliphatic hydroxyl groups excluding tert-OH is 1. The Bertz CT molecular complexity index is 323. The number of hydrogen-bond donors (Lipinski definition) is 1. The second-order valence-corrected chi connectivity index (χ2v) is 3.27. The molecule has 0 unspecified atom stereocenters. The third-order valence-corrected chi connectivity index (χ3v) is 2.09. The number of aryl methyl sites for hydroxylation is 1. The van der Waals surface area contributed by atoms with Crippen molar-refractivity contribution in [1.82, 2.24) is 0 Å². The van der Waals surface area contributed by atoms with Gasteiger partial charge < -0.3 is 10.0 Å². The average molecular weight is 193 g/mol. The van der Waals surface area contributed by atoms with E-state index in [1.54, 1.807) is 11.9 Å².